The van der Waals surface area contributed by atoms with E-state index in [1.54, 1.807) is 0 Å². The smallest absolute Gasteiger partial charge is 0.251 e. The molecule has 0 saturated heterocycles. The lowest BCUT2D eigenvalue weighted by Crippen LogP contribution is -2.27. The highest BCUT2D eigenvalue weighted by Gasteiger charge is 2.15. The molecule has 0 unspecified atom stereocenters. The van der Waals surface area contributed by atoms with Gasteiger partial charge < -0.3 is 5.32 Å². The molecule has 152 valence electrons. The van der Waals surface area contributed by atoms with Gasteiger partial charge in [0.25, 0.3) is 5.91 Å². The first-order valence-electron chi connectivity index (χ1n) is 9.99. The first-order valence-corrected chi connectivity index (χ1v) is 10.4. The Morgan fingerprint density at radius 1 is 1.07 bits per heavy atom. The minimum absolute atomic E-state index is 0.0761. The lowest BCUT2D eigenvalue weighted by Gasteiger charge is -2.17. The van der Waals surface area contributed by atoms with E-state index < -0.39 is 0 Å². The van der Waals surface area contributed by atoms with Crippen molar-refractivity contribution in [2.75, 3.05) is 0 Å². The maximum absolute atomic E-state index is 12.9. The maximum Gasteiger partial charge on any atom is 0.251 e. The van der Waals surface area contributed by atoms with Crippen LogP contribution >= 0.6 is 11.6 Å². The second kappa shape index (κ2) is 8.33. The predicted molar refractivity (Wildman–Crippen MR) is 122 cm³/mol. The Balaban J connectivity index is 1.56. The summed E-state index contributed by atoms with van der Waals surface area (Å²) in [5, 5.41) is 9.33. The van der Waals surface area contributed by atoms with Gasteiger partial charge in [-0.3, -0.25) is 9.48 Å². The third-order valence-electron chi connectivity index (χ3n) is 5.39. The van der Waals surface area contributed by atoms with Crippen molar-refractivity contribution in [1.82, 2.24) is 15.1 Å². The summed E-state index contributed by atoms with van der Waals surface area (Å²) in [6.45, 7) is 6.78. The van der Waals surface area contributed by atoms with Gasteiger partial charge in [0.15, 0.2) is 0 Å². The van der Waals surface area contributed by atoms with E-state index in [1.807, 2.05) is 60.3 Å². The van der Waals surface area contributed by atoms with Crippen molar-refractivity contribution in [1.29, 1.82) is 0 Å². The summed E-state index contributed by atoms with van der Waals surface area (Å²) in [5.74, 6) is -0.0939. The Morgan fingerprint density at radius 3 is 2.57 bits per heavy atom. The standard InChI is InChI=1S/C25H24ClN3O/c1-16-4-11-23(17(2)12-16)18(3)28-25(30)20-7-8-21-14-27-29(24(21)13-20)15-19-5-9-22(26)10-6-19/h4-14,18H,15H2,1-3H3,(H,28,30)/t18-/m1/s1. The quantitative estimate of drug-likeness (QED) is 0.443. The molecule has 0 aliphatic heterocycles. The highest BCUT2D eigenvalue weighted by molar-refractivity contribution is 6.30. The number of hydrogen-bond donors (Lipinski definition) is 1. The van der Waals surface area contributed by atoms with E-state index in [2.05, 4.69) is 42.5 Å². The van der Waals surface area contributed by atoms with Crippen molar-refractivity contribution < 1.29 is 4.79 Å². The molecule has 4 nitrogen and oxygen atoms in total. The molecular weight excluding hydrogens is 394 g/mol. The zero-order valence-corrected chi connectivity index (χ0v) is 18.1. The van der Waals surface area contributed by atoms with Gasteiger partial charge in [-0.1, -0.05) is 53.6 Å². The zero-order valence-electron chi connectivity index (χ0n) is 17.3. The van der Waals surface area contributed by atoms with Crippen LogP contribution in [0.2, 0.25) is 5.02 Å². The molecule has 0 fully saturated rings. The van der Waals surface area contributed by atoms with Gasteiger partial charge in [0.2, 0.25) is 0 Å². The molecule has 0 radical (unpaired) electrons. The topological polar surface area (TPSA) is 46.9 Å². The van der Waals surface area contributed by atoms with Crippen molar-refractivity contribution in [3.8, 4) is 0 Å². The Morgan fingerprint density at radius 2 is 1.83 bits per heavy atom. The van der Waals surface area contributed by atoms with E-state index in [9.17, 15) is 4.79 Å². The van der Waals surface area contributed by atoms with Gasteiger partial charge in [-0.05, 0) is 61.7 Å². The number of rotatable bonds is 5. The van der Waals surface area contributed by atoms with Gasteiger partial charge in [-0.25, -0.2) is 0 Å². The van der Waals surface area contributed by atoms with Crippen LogP contribution < -0.4 is 5.32 Å². The van der Waals surface area contributed by atoms with E-state index in [0.717, 1.165) is 22.0 Å². The summed E-state index contributed by atoms with van der Waals surface area (Å²) in [4.78, 5) is 12.9. The molecule has 0 aliphatic rings. The minimum atomic E-state index is -0.0939. The summed E-state index contributed by atoms with van der Waals surface area (Å²) in [7, 11) is 0. The Bertz CT molecular complexity index is 1210. The van der Waals surface area contributed by atoms with Gasteiger partial charge in [0.1, 0.15) is 0 Å². The third-order valence-corrected chi connectivity index (χ3v) is 5.64. The SMILES string of the molecule is Cc1ccc([C@@H](C)NC(=O)c2ccc3cnn(Cc4ccc(Cl)cc4)c3c2)c(C)c1. The van der Waals surface area contributed by atoms with Crippen molar-refractivity contribution in [3.63, 3.8) is 0 Å². The fourth-order valence-corrected chi connectivity index (χ4v) is 3.90. The summed E-state index contributed by atoms with van der Waals surface area (Å²) < 4.78 is 1.91. The average molecular weight is 418 g/mol. The average Bonchev–Trinajstić information content (AvgIpc) is 3.11. The van der Waals surface area contributed by atoms with Crippen LogP contribution in [-0.4, -0.2) is 15.7 Å². The molecule has 0 bridgehead atoms. The largest absolute Gasteiger partial charge is 0.346 e. The normalized spacial score (nSPS) is 12.1. The molecule has 1 amide bonds. The van der Waals surface area contributed by atoms with E-state index >= 15 is 0 Å². The van der Waals surface area contributed by atoms with Crippen molar-refractivity contribution >= 4 is 28.4 Å². The molecule has 4 rings (SSSR count). The number of aromatic nitrogens is 2. The molecule has 0 spiro atoms. The molecule has 4 aromatic rings. The summed E-state index contributed by atoms with van der Waals surface area (Å²) >= 11 is 5.98. The molecule has 0 saturated carbocycles. The van der Waals surface area contributed by atoms with Crippen LogP contribution in [0.1, 0.15) is 45.6 Å². The Labute approximate surface area is 181 Å². The molecule has 30 heavy (non-hydrogen) atoms. The van der Waals surface area contributed by atoms with Crippen molar-refractivity contribution in [3.05, 3.63) is 99.7 Å². The summed E-state index contributed by atoms with van der Waals surface area (Å²) in [5.41, 5.74) is 6.17. The number of hydrogen-bond acceptors (Lipinski definition) is 2. The van der Waals surface area contributed by atoms with Crippen LogP contribution in [0.3, 0.4) is 0 Å². The van der Waals surface area contributed by atoms with Gasteiger partial charge in [0.05, 0.1) is 24.3 Å². The highest BCUT2D eigenvalue weighted by Crippen LogP contribution is 2.21. The van der Waals surface area contributed by atoms with Crippen molar-refractivity contribution in [2.45, 2.75) is 33.4 Å². The zero-order chi connectivity index (χ0) is 21.3. The number of carbonyl (C=O) groups is 1. The first-order chi connectivity index (χ1) is 14.4. The monoisotopic (exact) mass is 417 g/mol. The Kier molecular flexibility index (Phi) is 5.60. The van der Waals surface area contributed by atoms with Gasteiger partial charge in [-0.2, -0.15) is 5.10 Å². The molecule has 5 heteroatoms. The second-order valence-electron chi connectivity index (χ2n) is 7.76. The second-order valence-corrected chi connectivity index (χ2v) is 8.19. The van der Waals surface area contributed by atoms with Gasteiger partial charge in [0, 0.05) is 16.0 Å². The fourth-order valence-electron chi connectivity index (χ4n) is 3.77. The lowest BCUT2D eigenvalue weighted by molar-refractivity contribution is 0.0940. The van der Waals surface area contributed by atoms with E-state index in [1.165, 1.54) is 11.1 Å². The first kappa shape index (κ1) is 20.2. The van der Waals surface area contributed by atoms with Crippen LogP contribution in [0.5, 0.6) is 0 Å². The molecular formula is C25H24ClN3O. The van der Waals surface area contributed by atoms with E-state index in [-0.39, 0.29) is 11.9 Å². The number of benzene rings is 3. The number of nitrogens with zero attached hydrogens (tertiary/aromatic N) is 2. The van der Waals surface area contributed by atoms with Crippen LogP contribution in [0, 0.1) is 13.8 Å². The number of amides is 1. The number of halogens is 1. The molecule has 1 N–H and O–H groups in total. The summed E-state index contributed by atoms with van der Waals surface area (Å²) in [6, 6.07) is 19.6. The maximum atomic E-state index is 12.9. The fraction of sp³-hybridized carbons (Fsp3) is 0.200. The number of carbonyl (C=O) groups excluding carboxylic acids is 1. The number of fused-ring (bicyclic) bond motifs is 1. The molecule has 1 heterocycles. The molecule has 0 aliphatic carbocycles. The Hall–Kier alpha value is -3.11. The lowest BCUT2D eigenvalue weighted by atomic mass is 10.00. The number of nitrogens with one attached hydrogen (secondary N) is 1. The minimum Gasteiger partial charge on any atom is -0.346 e. The third kappa shape index (κ3) is 4.24. The van der Waals surface area contributed by atoms with E-state index in [0.29, 0.717) is 17.1 Å². The summed E-state index contributed by atoms with van der Waals surface area (Å²) in [6.07, 6.45) is 1.82. The van der Waals surface area contributed by atoms with E-state index in [4.69, 9.17) is 11.6 Å². The van der Waals surface area contributed by atoms with Crippen LogP contribution in [-0.2, 0) is 6.54 Å². The van der Waals surface area contributed by atoms with Gasteiger partial charge in [-0.15, -0.1) is 0 Å². The highest BCUT2D eigenvalue weighted by atomic mass is 35.5. The van der Waals surface area contributed by atoms with Crippen LogP contribution in [0.25, 0.3) is 10.9 Å². The van der Waals surface area contributed by atoms with Gasteiger partial charge >= 0.3 is 0 Å². The van der Waals surface area contributed by atoms with Crippen LogP contribution in [0.4, 0.5) is 0 Å². The number of aryl methyl sites for hydroxylation is 2. The molecule has 3 aromatic carbocycles. The van der Waals surface area contributed by atoms with Crippen molar-refractivity contribution in [2.24, 2.45) is 0 Å². The predicted octanol–water partition coefficient (Wildman–Crippen LogP) is 5.85. The molecule has 1 aromatic heterocycles. The van der Waals surface area contributed by atoms with Crippen LogP contribution in [0.15, 0.2) is 66.9 Å². The molecule has 1 atom stereocenters.